The molecule has 2 aliphatic heterocycles. The first kappa shape index (κ1) is 23.8. The minimum atomic E-state index is -0.512. The van der Waals surface area contributed by atoms with Gasteiger partial charge in [-0.3, -0.25) is 4.90 Å². The van der Waals surface area contributed by atoms with Crippen LogP contribution in [0.25, 0.3) is 0 Å². The highest BCUT2D eigenvalue weighted by Gasteiger charge is 2.34. The first-order valence-corrected chi connectivity index (χ1v) is 11.0. The molecule has 9 heteroatoms. The van der Waals surface area contributed by atoms with Crippen LogP contribution in [0.15, 0.2) is 24.3 Å². The fourth-order valence-electron chi connectivity index (χ4n) is 3.59. The summed E-state index contributed by atoms with van der Waals surface area (Å²) in [5, 5.41) is 0. The molecule has 0 saturated carbocycles. The van der Waals surface area contributed by atoms with Crippen molar-refractivity contribution in [3.63, 3.8) is 0 Å². The predicted octanol–water partition coefficient (Wildman–Crippen LogP) is 3.60. The molecule has 0 spiro atoms. The van der Waals surface area contributed by atoms with E-state index in [0.717, 1.165) is 0 Å². The highest BCUT2D eigenvalue weighted by Crippen LogP contribution is 2.24. The van der Waals surface area contributed by atoms with Gasteiger partial charge in [-0.1, -0.05) is 0 Å². The summed E-state index contributed by atoms with van der Waals surface area (Å²) in [6.45, 7) is 9.41. The van der Waals surface area contributed by atoms with E-state index in [4.69, 9.17) is 18.9 Å². The molecule has 0 N–H and O–H groups in total. The molecule has 1 unspecified atom stereocenters. The summed E-state index contributed by atoms with van der Waals surface area (Å²) in [6, 6.07) is 6.65. The van der Waals surface area contributed by atoms with Crippen LogP contribution in [-0.4, -0.2) is 73.7 Å². The number of benzene rings is 1. The molecule has 1 aromatic carbocycles. The molecule has 0 bridgehead atoms. The van der Waals surface area contributed by atoms with Gasteiger partial charge in [-0.25, -0.2) is 14.4 Å². The monoisotopic (exact) mass is 448 g/mol. The first-order valence-electron chi connectivity index (χ1n) is 11.0. The normalized spacial score (nSPS) is 19.6. The Kier molecular flexibility index (Phi) is 7.60. The molecule has 176 valence electrons. The van der Waals surface area contributed by atoms with E-state index in [2.05, 4.69) is 0 Å². The van der Waals surface area contributed by atoms with Crippen LogP contribution in [0.5, 0.6) is 0 Å². The number of amides is 2. The molecule has 2 heterocycles. The van der Waals surface area contributed by atoms with Gasteiger partial charge in [0.1, 0.15) is 11.7 Å². The fourth-order valence-corrected chi connectivity index (χ4v) is 3.59. The van der Waals surface area contributed by atoms with Crippen molar-refractivity contribution in [2.75, 3.05) is 37.7 Å². The third kappa shape index (κ3) is 6.35. The second kappa shape index (κ2) is 10.2. The standard InChI is InChI=1S/C23H32N2O7/c1-5-29-20(26)16-6-8-17(9-7-16)25-14-19(31-22(25)28)15-30-18-10-12-24(13-11-18)21(27)32-23(2,3)4/h6-9,18-19H,5,10-15H2,1-4H3. The summed E-state index contributed by atoms with van der Waals surface area (Å²) in [5.41, 5.74) is 0.568. The highest BCUT2D eigenvalue weighted by molar-refractivity contribution is 5.92. The average Bonchev–Trinajstić information content (AvgIpc) is 3.12. The molecular formula is C23H32N2O7. The van der Waals surface area contributed by atoms with Gasteiger partial charge in [0.15, 0.2) is 0 Å². The molecule has 3 rings (SSSR count). The van der Waals surface area contributed by atoms with Gasteiger partial charge in [0.05, 0.1) is 31.4 Å². The summed E-state index contributed by atoms with van der Waals surface area (Å²) >= 11 is 0. The van der Waals surface area contributed by atoms with Crippen LogP contribution in [0.2, 0.25) is 0 Å². The second-order valence-corrected chi connectivity index (χ2v) is 8.88. The van der Waals surface area contributed by atoms with Crippen molar-refractivity contribution < 1.29 is 33.3 Å². The van der Waals surface area contributed by atoms with Gasteiger partial charge in [0.25, 0.3) is 0 Å². The lowest BCUT2D eigenvalue weighted by Gasteiger charge is -2.33. The molecule has 0 aromatic heterocycles. The number of cyclic esters (lactones) is 1. The molecule has 0 radical (unpaired) electrons. The van der Waals surface area contributed by atoms with Gasteiger partial charge in [-0.05, 0) is 64.8 Å². The summed E-state index contributed by atoms with van der Waals surface area (Å²) < 4.78 is 21.8. The highest BCUT2D eigenvalue weighted by atomic mass is 16.6. The Balaban J connectivity index is 1.44. The maximum absolute atomic E-state index is 12.3. The minimum absolute atomic E-state index is 0.00491. The van der Waals surface area contributed by atoms with Crippen molar-refractivity contribution in [3.8, 4) is 0 Å². The zero-order valence-corrected chi connectivity index (χ0v) is 19.2. The number of carbonyl (C=O) groups is 3. The SMILES string of the molecule is CCOC(=O)c1ccc(N2CC(COC3CCN(C(=O)OC(C)(C)C)CC3)OC2=O)cc1. The van der Waals surface area contributed by atoms with E-state index < -0.39 is 17.7 Å². The number of carbonyl (C=O) groups excluding carboxylic acids is 3. The van der Waals surface area contributed by atoms with Crippen LogP contribution in [0, 0.1) is 0 Å². The molecule has 2 saturated heterocycles. The van der Waals surface area contributed by atoms with Crippen LogP contribution in [-0.2, 0) is 18.9 Å². The smallest absolute Gasteiger partial charge is 0.414 e. The van der Waals surface area contributed by atoms with Crippen molar-refractivity contribution in [2.24, 2.45) is 0 Å². The van der Waals surface area contributed by atoms with Crippen LogP contribution in [0.1, 0.15) is 50.9 Å². The third-order valence-corrected chi connectivity index (χ3v) is 5.18. The average molecular weight is 449 g/mol. The van der Waals surface area contributed by atoms with Crippen molar-refractivity contribution in [1.29, 1.82) is 0 Å². The Bertz CT molecular complexity index is 811. The second-order valence-electron chi connectivity index (χ2n) is 8.88. The fraction of sp³-hybridized carbons (Fsp3) is 0.609. The van der Waals surface area contributed by atoms with Crippen LogP contribution >= 0.6 is 0 Å². The number of rotatable bonds is 6. The Morgan fingerprint density at radius 2 is 1.78 bits per heavy atom. The van der Waals surface area contributed by atoms with Crippen LogP contribution in [0.4, 0.5) is 15.3 Å². The van der Waals surface area contributed by atoms with E-state index in [1.54, 1.807) is 36.1 Å². The van der Waals surface area contributed by atoms with E-state index in [9.17, 15) is 14.4 Å². The lowest BCUT2D eigenvalue weighted by molar-refractivity contribution is -0.0335. The van der Waals surface area contributed by atoms with E-state index >= 15 is 0 Å². The Morgan fingerprint density at radius 1 is 1.12 bits per heavy atom. The molecule has 9 nitrogen and oxygen atoms in total. The van der Waals surface area contributed by atoms with E-state index in [-0.39, 0.29) is 18.3 Å². The summed E-state index contributed by atoms with van der Waals surface area (Å²) in [7, 11) is 0. The quantitative estimate of drug-likeness (QED) is 0.485. The number of likely N-dealkylation sites (tertiary alicyclic amines) is 1. The first-order chi connectivity index (χ1) is 15.2. The number of esters is 1. The molecule has 0 aliphatic carbocycles. The van der Waals surface area contributed by atoms with Crippen molar-refractivity contribution >= 4 is 23.8 Å². The zero-order valence-electron chi connectivity index (χ0n) is 19.2. The Morgan fingerprint density at radius 3 is 2.38 bits per heavy atom. The lowest BCUT2D eigenvalue weighted by atomic mass is 10.1. The molecule has 2 amide bonds. The number of hydrogen-bond donors (Lipinski definition) is 0. The summed E-state index contributed by atoms with van der Waals surface area (Å²) in [6.07, 6.45) is 0.298. The van der Waals surface area contributed by atoms with Gasteiger partial charge < -0.3 is 23.8 Å². The van der Waals surface area contributed by atoms with Gasteiger partial charge >= 0.3 is 18.2 Å². The number of hydrogen-bond acceptors (Lipinski definition) is 7. The Hall–Kier alpha value is -2.81. The maximum atomic E-state index is 12.3. The molecule has 1 aromatic rings. The Labute approximate surface area is 188 Å². The number of nitrogens with zero attached hydrogens (tertiary/aromatic N) is 2. The third-order valence-electron chi connectivity index (χ3n) is 5.18. The number of piperidine rings is 1. The minimum Gasteiger partial charge on any atom is -0.462 e. The molecule has 2 aliphatic rings. The van der Waals surface area contributed by atoms with Gasteiger partial charge in [0, 0.05) is 18.8 Å². The topological polar surface area (TPSA) is 94.6 Å². The van der Waals surface area contributed by atoms with Gasteiger partial charge in [0.2, 0.25) is 0 Å². The number of anilines is 1. The van der Waals surface area contributed by atoms with Crippen molar-refractivity contribution in [3.05, 3.63) is 29.8 Å². The predicted molar refractivity (Wildman–Crippen MR) is 117 cm³/mol. The maximum Gasteiger partial charge on any atom is 0.414 e. The van der Waals surface area contributed by atoms with Gasteiger partial charge in [-0.2, -0.15) is 0 Å². The summed E-state index contributed by atoms with van der Waals surface area (Å²) in [5.74, 6) is -0.396. The van der Waals surface area contributed by atoms with Gasteiger partial charge in [-0.15, -0.1) is 0 Å². The van der Waals surface area contributed by atoms with E-state index in [0.29, 0.717) is 56.9 Å². The molecule has 2 fully saturated rings. The lowest BCUT2D eigenvalue weighted by Crippen LogP contribution is -2.43. The molecule has 1 atom stereocenters. The molecule has 32 heavy (non-hydrogen) atoms. The van der Waals surface area contributed by atoms with E-state index in [1.165, 1.54) is 4.90 Å². The number of ether oxygens (including phenoxy) is 4. The van der Waals surface area contributed by atoms with Crippen molar-refractivity contribution in [1.82, 2.24) is 4.90 Å². The van der Waals surface area contributed by atoms with Crippen molar-refractivity contribution in [2.45, 2.75) is 58.3 Å². The largest absolute Gasteiger partial charge is 0.462 e. The zero-order chi connectivity index (χ0) is 23.3. The van der Waals surface area contributed by atoms with Crippen LogP contribution < -0.4 is 4.90 Å². The summed E-state index contributed by atoms with van der Waals surface area (Å²) in [4.78, 5) is 39.4. The van der Waals surface area contributed by atoms with Crippen LogP contribution in [0.3, 0.4) is 0 Å². The van der Waals surface area contributed by atoms with E-state index in [1.807, 2.05) is 20.8 Å². The molecular weight excluding hydrogens is 416 g/mol.